The number of rotatable bonds is 4. The van der Waals surface area contributed by atoms with Crippen LogP contribution in [0.4, 0.5) is 0 Å². The van der Waals surface area contributed by atoms with Crippen LogP contribution in [0.5, 0.6) is 11.5 Å². The van der Waals surface area contributed by atoms with Gasteiger partial charge in [-0.1, -0.05) is 6.07 Å². The second-order valence-electron chi connectivity index (χ2n) is 5.19. The number of thioether (sulfide) groups is 1. The second kappa shape index (κ2) is 6.53. The number of hydrogen-bond donors (Lipinski definition) is 1. The molecular weight excluding hydrogens is 258 g/mol. The lowest BCUT2D eigenvalue weighted by Gasteiger charge is -2.12. The molecule has 2 aliphatic rings. The average Bonchev–Trinajstić information content (AvgIpc) is 2.83. The third-order valence-corrected chi connectivity index (χ3v) is 4.83. The van der Waals surface area contributed by atoms with Crippen molar-refractivity contribution in [2.45, 2.75) is 19.4 Å². The van der Waals surface area contributed by atoms with E-state index in [2.05, 4.69) is 29.2 Å². The minimum atomic E-state index is 0.753. The molecule has 2 heterocycles. The molecule has 1 fully saturated rings. The summed E-state index contributed by atoms with van der Waals surface area (Å²) < 4.78 is 11.4. The van der Waals surface area contributed by atoms with Gasteiger partial charge in [-0.3, -0.25) is 0 Å². The van der Waals surface area contributed by atoms with E-state index in [4.69, 9.17) is 9.47 Å². The van der Waals surface area contributed by atoms with Crippen molar-refractivity contribution in [1.29, 1.82) is 0 Å². The Morgan fingerprint density at radius 2 is 2.11 bits per heavy atom. The normalized spacial score (nSPS) is 22.2. The third-order valence-electron chi connectivity index (χ3n) is 3.60. The van der Waals surface area contributed by atoms with Crippen LogP contribution in [-0.2, 0) is 6.54 Å². The maximum Gasteiger partial charge on any atom is 0.161 e. The molecular formula is C15H21NO2S. The van der Waals surface area contributed by atoms with E-state index in [1.54, 1.807) is 0 Å². The molecule has 0 bridgehead atoms. The van der Waals surface area contributed by atoms with Crippen molar-refractivity contribution in [2.24, 2.45) is 5.92 Å². The van der Waals surface area contributed by atoms with Gasteiger partial charge < -0.3 is 14.8 Å². The monoisotopic (exact) mass is 279 g/mol. The fourth-order valence-electron chi connectivity index (χ4n) is 2.48. The number of hydrogen-bond acceptors (Lipinski definition) is 4. The Labute approximate surface area is 119 Å². The standard InChI is InChI=1S/C15H21NO2S/c1-5-17-14-3-2-12(8-15(14)18-6-1)9-16-10-13-4-7-19-11-13/h2-3,8,13,16H,1,4-7,9-11H2. The largest absolute Gasteiger partial charge is 0.490 e. The van der Waals surface area contributed by atoms with Gasteiger partial charge in [0.25, 0.3) is 0 Å². The van der Waals surface area contributed by atoms with Crippen LogP contribution in [0.15, 0.2) is 18.2 Å². The molecule has 1 atom stereocenters. The summed E-state index contributed by atoms with van der Waals surface area (Å²) >= 11 is 2.07. The van der Waals surface area contributed by atoms with Crippen molar-refractivity contribution < 1.29 is 9.47 Å². The zero-order valence-electron chi connectivity index (χ0n) is 11.2. The Balaban J connectivity index is 1.54. The molecule has 0 spiro atoms. The van der Waals surface area contributed by atoms with Crippen molar-refractivity contribution in [3.8, 4) is 11.5 Å². The highest BCUT2D eigenvalue weighted by Gasteiger charge is 2.15. The first kappa shape index (κ1) is 13.1. The zero-order valence-corrected chi connectivity index (χ0v) is 12.0. The van der Waals surface area contributed by atoms with Crippen LogP contribution in [0, 0.1) is 5.92 Å². The molecule has 0 amide bonds. The Kier molecular flexibility index (Phi) is 4.51. The van der Waals surface area contributed by atoms with E-state index in [1.165, 1.54) is 23.5 Å². The summed E-state index contributed by atoms with van der Waals surface area (Å²) in [6, 6.07) is 6.27. The second-order valence-corrected chi connectivity index (χ2v) is 6.34. The van der Waals surface area contributed by atoms with Crippen LogP contribution in [-0.4, -0.2) is 31.3 Å². The predicted molar refractivity (Wildman–Crippen MR) is 79.2 cm³/mol. The number of ether oxygens (including phenoxy) is 2. The molecule has 4 heteroatoms. The van der Waals surface area contributed by atoms with Gasteiger partial charge in [-0.2, -0.15) is 11.8 Å². The Bertz CT molecular complexity index is 419. The van der Waals surface area contributed by atoms with Crippen molar-refractivity contribution in [1.82, 2.24) is 5.32 Å². The third kappa shape index (κ3) is 3.57. The molecule has 2 aliphatic heterocycles. The average molecular weight is 279 g/mol. The highest BCUT2D eigenvalue weighted by atomic mass is 32.2. The fourth-order valence-corrected chi connectivity index (χ4v) is 3.77. The van der Waals surface area contributed by atoms with Gasteiger partial charge in [-0.25, -0.2) is 0 Å². The quantitative estimate of drug-likeness (QED) is 0.918. The van der Waals surface area contributed by atoms with E-state index in [0.717, 1.165) is 50.1 Å². The first-order valence-electron chi connectivity index (χ1n) is 7.09. The summed E-state index contributed by atoms with van der Waals surface area (Å²) in [6.45, 7) is 3.55. The molecule has 19 heavy (non-hydrogen) atoms. The van der Waals surface area contributed by atoms with E-state index in [9.17, 15) is 0 Å². The maximum absolute atomic E-state index is 5.71. The first-order chi connectivity index (χ1) is 9.42. The summed E-state index contributed by atoms with van der Waals surface area (Å²) in [4.78, 5) is 0. The molecule has 3 rings (SSSR count). The molecule has 1 aromatic carbocycles. The zero-order chi connectivity index (χ0) is 12.9. The van der Waals surface area contributed by atoms with E-state index >= 15 is 0 Å². The first-order valence-corrected chi connectivity index (χ1v) is 8.24. The van der Waals surface area contributed by atoms with Crippen molar-refractivity contribution in [3.63, 3.8) is 0 Å². The summed E-state index contributed by atoms with van der Waals surface area (Å²) in [6.07, 6.45) is 2.32. The minimum absolute atomic E-state index is 0.753. The van der Waals surface area contributed by atoms with Crippen molar-refractivity contribution in [3.05, 3.63) is 23.8 Å². The van der Waals surface area contributed by atoms with E-state index < -0.39 is 0 Å². The number of fused-ring (bicyclic) bond motifs is 1. The fraction of sp³-hybridized carbons (Fsp3) is 0.600. The summed E-state index contributed by atoms with van der Waals surface area (Å²) in [5, 5.41) is 3.56. The summed E-state index contributed by atoms with van der Waals surface area (Å²) in [5.41, 5.74) is 1.27. The van der Waals surface area contributed by atoms with E-state index in [-0.39, 0.29) is 0 Å². The Hall–Kier alpha value is -0.870. The van der Waals surface area contributed by atoms with Crippen molar-refractivity contribution in [2.75, 3.05) is 31.3 Å². The molecule has 104 valence electrons. The lowest BCUT2D eigenvalue weighted by molar-refractivity contribution is 0.297. The molecule has 1 N–H and O–H groups in total. The van der Waals surface area contributed by atoms with Crippen LogP contribution >= 0.6 is 11.8 Å². The van der Waals surface area contributed by atoms with Crippen LogP contribution in [0.25, 0.3) is 0 Å². The van der Waals surface area contributed by atoms with Crippen LogP contribution in [0.2, 0.25) is 0 Å². The van der Waals surface area contributed by atoms with Crippen molar-refractivity contribution >= 4 is 11.8 Å². The lowest BCUT2D eigenvalue weighted by atomic mass is 10.1. The number of nitrogens with one attached hydrogen (secondary N) is 1. The van der Waals surface area contributed by atoms with Crippen LogP contribution in [0.1, 0.15) is 18.4 Å². The van der Waals surface area contributed by atoms with Gasteiger partial charge in [0, 0.05) is 13.0 Å². The molecule has 0 radical (unpaired) electrons. The highest BCUT2D eigenvalue weighted by Crippen LogP contribution is 2.30. The smallest absolute Gasteiger partial charge is 0.161 e. The SMILES string of the molecule is c1cc2c(cc1CNCC1CCSC1)OCCCO2. The van der Waals surface area contributed by atoms with Crippen LogP contribution in [0.3, 0.4) is 0 Å². The van der Waals surface area contributed by atoms with Gasteiger partial charge in [-0.05, 0) is 48.1 Å². The summed E-state index contributed by atoms with van der Waals surface area (Å²) in [5.74, 6) is 5.27. The van der Waals surface area contributed by atoms with E-state index in [0.29, 0.717) is 0 Å². The maximum atomic E-state index is 5.71. The van der Waals surface area contributed by atoms with E-state index in [1.807, 2.05) is 6.07 Å². The predicted octanol–water partition coefficient (Wildman–Crippen LogP) is 2.69. The van der Waals surface area contributed by atoms with Gasteiger partial charge in [0.2, 0.25) is 0 Å². The van der Waals surface area contributed by atoms with Gasteiger partial charge >= 0.3 is 0 Å². The highest BCUT2D eigenvalue weighted by molar-refractivity contribution is 7.99. The summed E-state index contributed by atoms with van der Waals surface area (Å²) in [7, 11) is 0. The number of benzene rings is 1. The molecule has 3 nitrogen and oxygen atoms in total. The molecule has 1 unspecified atom stereocenters. The van der Waals surface area contributed by atoms with Gasteiger partial charge in [-0.15, -0.1) is 0 Å². The van der Waals surface area contributed by atoms with Gasteiger partial charge in [0.1, 0.15) is 0 Å². The lowest BCUT2D eigenvalue weighted by Crippen LogP contribution is -2.22. The topological polar surface area (TPSA) is 30.5 Å². The molecule has 0 aliphatic carbocycles. The van der Waals surface area contributed by atoms with Crippen LogP contribution < -0.4 is 14.8 Å². The molecule has 0 saturated carbocycles. The molecule has 1 saturated heterocycles. The van der Waals surface area contributed by atoms with Gasteiger partial charge in [0.15, 0.2) is 11.5 Å². The molecule has 0 aromatic heterocycles. The van der Waals surface area contributed by atoms with Gasteiger partial charge in [0.05, 0.1) is 13.2 Å². The Morgan fingerprint density at radius 3 is 2.95 bits per heavy atom. The molecule has 1 aromatic rings. The minimum Gasteiger partial charge on any atom is -0.490 e. The Morgan fingerprint density at radius 1 is 1.21 bits per heavy atom.